The fourth-order valence-electron chi connectivity index (χ4n) is 5.02. The average molecular weight is 438 g/mol. The number of nitro benzene ring substituents is 1. The Morgan fingerprint density at radius 2 is 1.70 bits per heavy atom. The molecule has 1 atom stereocenters. The zero-order valence-corrected chi connectivity index (χ0v) is 18.2. The summed E-state index contributed by atoms with van der Waals surface area (Å²) in [4.78, 5) is 26.4. The van der Waals surface area contributed by atoms with Gasteiger partial charge in [-0.05, 0) is 34.5 Å². The van der Waals surface area contributed by atoms with Gasteiger partial charge < -0.3 is 5.11 Å². The van der Waals surface area contributed by atoms with E-state index < -0.39 is 16.4 Å². The maximum atomic E-state index is 13.9. The first-order chi connectivity index (χ1) is 15.8. The van der Waals surface area contributed by atoms with Crippen LogP contribution in [0.3, 0.4) is 0 Å². The Morgan fingerprint density at radius 3 is 2.48 bits per heavy atom. The first-order valence-electron chi connectivity index (χ1n) is 10.7. The normalized spacial score (nSPS) is 16.5. The number of benzene rings is 4. The summed E-state index contributed by atoms with van der Waals surface area (Å²) in [6.45, 7) is 4.11. The Balaban J connectivity index is 1.77. The smallest absolute Gasteiger partial charge is 0.270 e. The third-order valence-corrected chi connectivity index (χ3v) is 6.54. The lowest BCUT2D eigenvalue weighted by Crippen LogP contribution is -2.38. The number of aromatic hydroxyl groups is 1. The number of phenols is 1. The van der Waals surface area contributed by atoms with Crippen molar-refractivity contribution in [3.63, 3.8) is 0 Å². The standard InChI is InChI=1S/C27H22N2O4/c1-27(2)21-12-5-6-13-22(21)28(26(31)18-9-7-10-19(16-18)29(32)33)25(27)24-20-11-4-3-8-17(20)14-15-23(24)30/h3-16,25,30H,1-2H3/t25-/m1/s1. The molecule has 1 aliphatic heterocycles. The van der Waals surface area contributed by atoms with Gasteiger partial charge in [0.25, 0.3) is 11.6 Å². The number of rotatable bonds is 3. The summed E-state index contributed by atoms with van der Waals surface area (Å²) in [6, 6.07) is 24.2. The molecule has 1 N–H and O–H groups in total. The van der Waals surface area contributed by atoms with Crippen LogP contribution >= 0.6 is 0 Å². The predicted molar refractivity (Wildman–Crippen MR) is 128 cm³/mol. The predicted octanol–water partition coefficient (Wildman–Crippen LogP) is 6.13. The molecule has 1 aliphatic rings. The number of phenolic OH excluding ortho intramolecular Hbond substituents is 1. The number of hydrogen-bond donors (Lipinski definition) is 1. The summed E-state index contributed by atoms with van der Waals surface area (Å²) in [5.41, 5.74) is 1.92. The van der Waals surface area contributed by atoms with E-state index >= 15 is 0 Å². The summed E-state index contributed by atoms with van der Waals surface area (Å²) >= 11 is 0. The Morgan fingerprint density at radius 1 is 0.970 bits per heavy atom. The first-order valence-corrected chi connectivity index (χ1v) is 10.7. The molecule has 0 spiro atoms. The molecule has 0 fully saturated rings. The Kier molecular flexibility index (Phi) is 4.67. The molecule has 5 rings (SSSR count). The van der Waals surface area contributed by atoms with E-state index in [4.69, 9.17) is 0 Å². The SMILES string of the molecule is CC1(C)c2ccccc2N(C(=O)c2cccc([N+](=O)[O-])c2)[C@@H]1c1c(O)ccc2ccccc12. The second-order valence-corrected chi connectivity index (χ2v) is 8.84. The molecule has 1 amide bonds. The van der Waals surface area contributed by atoms with Crippen LogP contribution in [-0.2, 0) is 5.41 Å². The van der Waals surface area contributed by atoms with Crippen LogP contribution in [0.15, 0.2) is 84.9 Å². The molecule has 0 saturated carbocycles. The van der Waals surface area contributed by atoms with Crippen molar-refractivity contribution in [3.05, 3.63) is 112 Å². The highest BCUT2D eigenvalue weighted by atomic mass is 16.6. The van der Waals surface area contributed by atoms with Gasteiger partial charge in [-0.25, -0.2) is 0 Å². The zero-order valence-electron chi connectivity index (χ0n) is 18.2. The molecule has 164 valence electrons. The minimum Gasteiger partial charge on any atom is -0.508 e. The van der Waals surface area contributed by atoms with Crippen molar-refractivity contribution >= 4 is 28.1 Å². The number of para-hydroxylation sites is 1. The van der Waals surface area contributed by atoms with Gasteiger partial charge in [0.1, 0.15) is 5.75 Å². The fraction of sp³-hybridized carbons (Fsp3) is 0.148. The highest BCUT2D eigenvalue weighted by Gasteiger charge is 2.49. The maximum Gasteiger partial charge on any atom is 0.270 e. The summed E-state index contributed by atoms with van der Waals surface area (Å²) in [6.07, 6.45) is 0. The van der Waals surface area contributed by atoms with Crippen LogP contribution in [0.25, 0.3) is 10.8 Å². The largest absolute Gasteiger partial charge is 0.508 e. The van der Waals surface area contributed by atoms with Gasteiger partial charge in [0.15, 0.2) is 0 Å². The molecular formula is C27H22N2O4. The van der Waals surface area contributed by atoms with Gasteiger partial charge in [0, 0.05) is 34.4 Å². The molecule has 33 heavy (non-hydrogen) atoms. The molecule has 0 bridgehead atoms. The summed E-state index contributed by atoms with van der Waals surface area (Å²) in [5, 5.41) is 24.2. The van der Waals surface area contributed by atoms with E-state index in [0.29, 0.717) is 5.56 Å². The maximum absolute atomic E-state index is 13.9. The average Bonchev–Trinajstić information content (AvgIpc) is 3.05. The van der Waals surface area contributed by atoms with Crippen molar-refractivity contribution in [3.8, 4) is 5.75 Å². The first kappa shape index (κ1) is 20.7. The molecule has 0 unspecified atom stereocenters. The number of carbonyl (C=O) groups is 1. The van der Waals surface area contributed by atoms with Crippen molar-refractivity contribution in [1.82, 2.24) is 0 Å². The van der Waals surface area contributed by atoms with Crippen LogP contribution in [0.4, 0.5) is 11.4 Å². The monoisotopic (exact) mass is 438 g/mol. The van der Waals surface area contributed by atoms with Gasteiger partial charge in [-0.15, -0.1) is 0 Å². The van der Waals surface area contributed by atoms with Crippen LogP contribution < -0.4 is 4.90 Å². The van der Waals surface area contributed by atoms with E-state index in [1.165, 1.54) is 18.2 Å². The highest BCUT2D eigenvalue weighted by molar-refractivity contribution is 6.09. The van der Waals surface area contributed by atoms with Gasteiger partial charge in [-0.1, -0.05) is 68.4 Å². The van der Waals surface area contributed by atoms with Crippen LogP contribution in [-0.4, -0.2) is 15.9 Å². The van der Waals surface area contributed by atoms with Crippen molar-refractivity contribution in [1.29, 1.82) is 0 Å². The molecule has 4 aromatic rings. The van der Waals surface area contributed by atoms with Crippen molar-refractivity contribution < 1.29 is 14.8 Å². The molecule has 0 saturated heterocycles. The second-order valence-electron chi connectivity index (χ2n) is 8.84. The topological polar surface area (TPSA) is 83.7 Å². The lowest BCUT2D eigenvalue weighted by molar-refractivity contribution is -0.384. The number of hydrogen-bond acceptors (Lipinski definition) is 4. The Labute approximate surface area is 190 Å². The highest BCUT2D eigenvalue weighted by Crippen LogP contribution is 2.55. The van der Waals surface area contributed by atoms with Gasteiger partial charge in [0.2, 0.25) is 0 Å². The van der Waals surface area contributed by atoms with Gasteiger partial charge in [-0.3, -0.25) is 19.8 Å². The van der Waals surface area contributed by atoms with Crippen molar-refractivity contribution in [2.75, 3.05) is 4.90 Å². The van der Waals surface area contributed by atoms with E-state index in [-0.39, 0.29) is 22.9 Å². The van der Waals surface area contributed by atoms with E-state index in [0.717, 1.165) is 22.0 Å². The molecule has 0 aliphatic carbocycles. The lowest BCUT2D eigenvalue weighted by atomic mass is 9.76. The molecule has 6 heteroatoms. The number of non-ortho nitro benzene ring substituents is 1. The van der Waals surface area contributed by atoms with Gasteiger partial charge in [0.05, 0.1) is 11.0 Å². The number of carbonyl (C=O) groups excluding carboxylic acids is 1. The minimum absolute atomic E-state index is 0.108. The minimum atomic E-state index is -0.533. The summed E-state index contributed by atoms with van der Waals surface area (Å²) in [5.74, 6) is -0.245. The van der Waals surface area contributed by atoms with Gasteiger partial charge >= 0.3 is 0 Å². The third kappa shape index (κ3) is 3.14. The van der Waals surface area contributed by atoms with E-state index in [1.807, 2.05) is 54.6 Å². The van der Waals surface area contributed by atoms with Crippen LogP contribution in [0.2, 0.25) is 0 Å². The zero-order chi connectivity index (χ0) is 23.3. The van der Waals surface area contributed by atoms with Crippen molar-refractivity contribution in [2.24, 2.45) is 0 Å². The number of nitro groups is 1. The van der Waals surface area contributed by atoms with Gasteiger partial charge in [-0.2, -0.15) is 0 Å². The quantitative estimate of drug-likeness (QED) is 0.308. The molecule has 0 radical (unpaired) electrons. The second kappa shape index (κ2) is 7.45. The van der Waals surface area contributed by atoms with Crippen LogP contribution in [0, 0.1) is 10.1 Å². The number of nitrogens with zero attached hydrogens (tertiary/aromatic N) is 2. The van der Waals surface area contributed by atoms with E-state index in [1.54, 1.807) is 17.0 Å². The number of amides is 1. The molecule has 1 heterocycles. The molecule has 0 aromatic heterocycles. The van der Waals surface area contributed by atoms with Crippen molar-refractivity contribution in [2.45, 2.75) is 25.3 Å². The number of anilines is 1. The molecule has 6 nitrogen and oxygen atoms in total. The van der Waals surface area contributed by atoms with E-state index in [2.05, 4.69) is 13.8 Å². The molecule has 4 aromatic carbocycles. The third-order valence-electron chi connectivity index (χ3n) is 6.54. The summed E-state index contributed by atoms with van der Waals surface area (Å²) in [7, 11) is 0. The van der Waals surface area contributed by atoms with E-state index in [9.17, 15) is 20.0 Å². The Hall–Kier alpha value is -4.19. The Bertz CT molecular complexity index is 1430. The fourth-order valence-corrected chi connectivity index (χ4v) is 5.02. The summed E-state index contributed by atoms with van der Waals surface area (Å²) < 4.78 is 0. The van der Waals surface area contributed by atoms with Crippen LogP contribution in [0.5, 0.6) is 5.75 Å². The van der Waals surface area contributed by atoms with Crippen LogP contribution in [0.1, 0.15) is 41.4 Å². The lowest BCUT2D eigenvalue weighted by Gasteiger charge is -2.35. The number of fused-ring (bicyclic) bond motifs is 2. The molecular weight excluding hydrogens is 416 g/mol.